The monoisotopic (exact) mass is 425 g/mol. The summed E-state index contributed by atoms with van der Waals surface area (Å²) in [7, 11) is 1.60. The van der Waals surface area contributed by atoms with Gasteiger partial charge in [0.15, 0.2) is 5.16 Å². The van der Waals surface area contributed by atoms with Crippen LogP contribution in [-0.4, -0.2) is 45.3 Å². The van der Waals surface area contributed by atoms with E-state index in [-0.39, 0.29) is 29.3 Å². The number of carbonyl (C=O) groups excluding carboxylic acids is 1. The molecule has 2 aromatic carbocycles. The van der Waals surface area contributed by atoms with E-state index >= 15 is 0 Å². The molecule has 7 heteroatoms. The van der Waals surface area contributed by atoms with E-state index in [1.165, 1.54) is 11.8 Å². The number of benzene rings is 2. The summed E-state index contributed by atoms with van der Waals surface area (Å²) in [5, 5.41) is 1.03. The first-order valence-corrected chi connectivity index (χ1v) is 10.9. The summed E-state index contributed by atoms with van der Waals surface area (Å²) in [6.45, 7) is 8.02. The van der Waals surface area contributed by atoms with Gasteiger partial charge in [-0.1, -0.05) is 23.9 Å². The molecule has 0 spiro atoms. The van der Waals surface area contributed by atoms with Gasteiger partial charge in [0.2, 0.25) is 5.91 Å². The number of aromatic nitrogens is 2. The highest BCUT2D eigenvalue weighted by molar-refractivity contribution is 7.99. The predicted octanol–water partition coefficient (Wildman–Crippen LogP) is 4.13. The predicted molar refractivity (Wildman–Crippen MR) is 122 cm³/mol. The zero-order valence-electron chi connectivity index (χ0n) is 18.0. The van der Waals surface area contributed by atoms with Gasteiger partial charge < -0.3 is 9.64 Å². The number of rotatable bonds is 7. The van der Waals surface area contributed by atoms with Crippen LogP contribution in [0.5, 0.6) is 5.75 Å². The molecular formula is C23H27N3O3S. The van der Waals surface area contributed by atoms with Gasteiger partial charge in [-0.15, -0.1) is 0 Å². The van der Waals surface area contributed by atoms with Gasteiger partial charge in [0.05, 0.1) is 29.5 Å². The van der Waals surface area contributed by atoms with E-state index in [4.69, 9.17) is 9.72 Å². The largest absolute Gasteiger partial charge is 0.497 e. The van der Waals surface area contributed by atoms with Crippen LogP contribution in [0.4, 0.5) is 0 Å². The number of nitrogens with zero attached hydrogens (tertiary/aromatic N) is 3. The summed E-state index contributed by atoms with van der Waals surface area (Å²) in [5.41, 5.74) is 1.13. The Balaban J connectivity index is 2.04. The first kappa shape index (κ1) is 21.9. The zero-order chi connectivity index (χ0) is 21.8. The van der Waals surface area contributed by atoms with Gasteiger partial charge in [-0.05, 0) is 64.1 Å². The van der Waals surface area contributed by atoms with Crippen LogP contribution < -0.4 is 10.3 Å². The summed E-state index contributed by atoms with van der Waals surface area (Å²) < 4.78 is 6.79. The van der Waals surface area contributed by atoms with E-state index in [9.17, 15) is 9.59 Å². The lowest BCUT2D eigenvalue weighted by Crippen LogP contribution is -2.43. The standard InChI is InChI=1S/C23H27N3O3S/c1-15(2)25(16(3)4)21(27)14-30-23-24-20-9-7-6-8-19(20)22(28)26(23)17-10-12-18(29-5)13-11-17/h6-13,15-16H,14H2,1-5H3. The van der Waals surface area contributed by atoms with Crippen LogP contribution in [0.2, 0.25) is 0 Å². The molecule has 0 aliphatic heterocycles. The molecule has 1 amide bonds. The molecule has 0 unspecified atom stereocenters. The third-order valence-corrected chi connectivity index (χ3v) is 5.72. The number of ether oxygens (including phenoxy) is 1. The number of amides is 1. The van der Waals surface area contributed by atoms with E-state index < -0.39 is 0 Å². The highest BCUT2D eigenvalue weighted by Gasteiger charge is 2.21. The molecule has 0 aliphatic rings. The molecule has 3 aromatic rings. The Labute approximate surface area is 180 Å². The Morgan fingerprint density at radius 3 is 2.30 bits per heavy atom. The second-order valence-corrected chi connectivity index (χ2v) is 8.47. The number of hydrogen-bond acceptors (Lipinski definition) is 5. The van der Waals surface area contributed by atoms with E-state index in [1.54, 1.807) is 29.9 Å². The molecule has 0 atom stereocenters. The minimum Gasteiger partial charge on any atom is -0.497 e. The normalized spacial score (nSPS) is 11.3. The fourth-order valence-corrected chi connectivity index (χ4v) is 4.42. The topological polar surface area (TPSA) is 64.4 Å². The van der Waals surface area contributed by atoms with E-state index in [0.717, 1.165) is 0 Å². The highest BCUT2D eigenvalue weighted by atomic mass is 32.2. The van der Waals surface area contributed by atoms with Crippen LogP contribution in [-0.2, 0) is 4.79 Å². The van der Waals surface area contributed by atoms with Crippen LogP contribution in [0.1, 0.15) is 27.7 Å². The molecule has 0 fully saturated rings. The van der Waals surface area contributed by atoms with Crippen molar-refractivity contribution in [1.29, 1.82) is 0 Å². The molecule has 30 heavy (non-hydrogen) atoms. The zero-order valence-corrected chi connectivity index (χ0v) is 18.8. The lowest BCUT2D eigenvalue weighted by Gasteiger charge is -2.30. The molecule has 0 aliphatic carbocycles. The van der Waals surface area contributed by atoms with E-state index in [0.29, 0.717) is 27.5 Å². The number of hydrogen-bond donors (Lipinski definition) is 0. The van der Waals surface area contributed by atoms with Crippen LogP contribution in [0.25, 0.3) is 16.6 Å². The lowest BCUT2D eigenvalue weighted by atomic mass is 10.2. The molecule has 1 heterocycles. The Hall–Kier alpha value is -2.80. The molecule has 3 rings (SSSR count). The molecular weight excluding hydrogens is 398 g/mol. The molecule has 0 saturated heterocycles. The summed E-state index contributed by atoms with van der Waals surface area (Å²) in [4.78, 5) is 32.7. The summed E-state index contributed by atoms with van der Waals surface area (Å²) in [6, 6.07) is 14.7. The quantitative estimate of drug-likeness (QED) is 0.421. The van der Waals surface area contributed by atoms with Crippen molar-refractivity contribution < 1.29 is 9.53 Å². The smallest absolute Gasteiger partial charge is 0.266 e. The maximum absolute atomic E-state index is 13.3. The Morgan fingerprint density at radius 2 is 1.70 bits per heavy atom. The van der Waals surface area contributed by atoms with Crippen LogP contribution in [0, 0.1) is 0 Å². The second kappa shape index (κ2) is 9.34. The average molecular weight is 426 g/mol. The molecule has 0 bridgehead atoms. The number of carbonyl (C=O) groups is 1. The van der Waals surface area contributed by atoms with Crippen LogP contribution >= 0.6 is 11.8 Å². The van der Waals surface area contributed by atoms with Crippen LogP contribution in [0.3, 0.4) is 0 Å². The second-order valence-electron chi connectivity index (χ2n) is 7.53. The van der Waals surface area contributed by atoms with Gasteiger partial charge in [-0.25, -0.2) is 4.98 Å². The molecule has 0 saturated carbocycles. The van der Waals surface area contributed by atoms with Crippen molar-refractivity contribution in [1.82, 2.24) is 14.5 Å². The number of fused-ring (bicyclic) bond motifs is 1. The summed E-state index contributed by atoms with van der Waals surface area (Å²) in [5.74, 6) is 0.931. The van der Waals surface area contributed by atoms with Crippen molar-refractivity contribution in [2.45, 2.75) is 44.9 Å². The van der Waals surface area contributed by atoms with E-state index in [1.807, 2.05) is 62.9 Å². The molecule has 0 radical (unpaired) electrons. The van der Waals surface area contributed by atoms with Gasteiger partial charge in [-0.3, -0.25) is 14.2 Å². The minimum absolute atomic E-state index is 0.0219. The van der Waals surface area contributed by atoms with Crippen LogP contribution in [0.15, 0.2) is 58.5 Å². The fourth-order valence-electron chi connectivity index (χ4n) is 3.54. The Morgan fingerprint density at radius 1 is 1.07 bits per heavy atom. The van der Waals surface area contributed by atoms with Gasteiger partial charge in [0.1, 0.15) is 5.75 Å². The molecule has 1 aromatic heterocycles. The molecule has 158 valence electrons. The SMILES string of the molecule is COc1ccc(-n2c(SCC(=O)N(C(C)C)C(C)C)nc3ccccc3c2=O)cc1. The van der Waals surface area contributed by atoms with Crippen molar-refractivity contribution in [2.24, 2.45) is 0 Å². The molecule has 0 N–H and O–H groups in total. The van der Waals surface area contributed by atoms with Gasteiger partial charge >= 0.3 is 0 Å². The summed E-state index contributed by atoms with van der Waals surface area (Å²) >= 11 is 1.28. The van der Waals surface area contributed by atoms with Crippen molar-refractivity contribution in [2.75, 3.05) is 12.9 Å². The maximum atomic E-state index is 13.3. The fraction of sp³-hybridized carbons (Fsp3) is 0.348. The van der Waals surface area contributed by atoms with Gasteiger partial charge in [0.25, 0.3) is 5.56 Å². The third kappa shape index (κ3) is 4.51. The van der Waals surface area contributed by atoms with Crippen molar-refractivity contribution >= 4 is 28.6 Å². The third-order valence-electron chi connectivity index (χ3n) is 4.80. The Kier molecular flexibility index (Phi) is 6.82. The number of methoxy groups -OCH3 is 1. The lowest BCUT2D eigenvalue weighted by molar-refractivity contribution is -0.131. The van der Waals surface area contributed by atoms with Crippen molar-refractivity contribution in [3.05, 3.63) is 58.9 Å². The van der Waals surface area contributed by atoms with Gasteiger partial charge in [-0.2, -0.15) is 0 Å². The van der Waals surface area contributed by atoms with E-state index in [2.05, 4.69) is 0 Å². The maximum Gasteiger partial charge on any atom is 0.266 e. The average Bonchev–Trinajstić information content (AvgIpc) is 2.72. The van der Waals surface area contributed by atoms with Crippen molar-refractivity contribution in [3.63, 3.8) is 0 Å². The number of para-hydroxylation sites is 1. The van der Waals surface area contributed by atoms with Gasteiger partial charge in [0, 0.05) is 12.1 Å². The molecule has 6 nitrogen and oxygen atoms in total. The first-order valence-electron chi connectivity index (χ1n) is 9.93. The van der Waals surface area contributed by atoms with Crippen molar-refractivity contribution in [3.8, 4) is 11.4 Å². The first-order chi connectivity index (χ1) is 14.3. The highest BCUT2D eigenvalue weighted by Crippen LogP contribution is 2.23. The summed E-state index contributed by atoms with van der Waals surface area (Å²) in [6.07, 6.45) is 0. The minimum atomic E-state index is -0.162. The number of thioether (sulfide) groups is 1. The Bertz CT molecular complexity index is 1080.